The van der Waals surface area contributed by atoms with Gasteiger partial charge in [-0.25, -0.2) is 0 Å². The summed E-state index contributed by atoms with van der Waals surface area (Å²) in [7, 11) is 1.62. The quantitative estimate of drug-likeness (QED) is 0.466. The Morgan fingerprint density at radius 2 is 2.22 bits per heavy atom. The van der Waals surface area contributed by atoms with E-state index in [0.717, 1.165) is 24.3 Å². The number of halogens is 2. The molecule has 0 aliphatic heterocycles. The number of rotatable bonds is 5. The molecule has 0 heterocycles. The van der Waals surface area contributed by atoms with Gasteiger partial charge in [-0.05, 0) is 31.0 Å². The third-order valence-electron chi connectivity index (χ3n) is 2.28. The molecule has 0 fully saturated rings. The standard InChI is InChI=1S/C12H18ClN3O.HI/c1-3-15-12(14)16-7-6-9-4-5-10(17-2)8-11(9)13;/h4-5,8H,3,6-7H2,1-2H3,(H3,14,15,16);1H. The number of nitrogens with one attached hydrogen (secondary N) is 1. The summed E-state index contributed by atoms with van der Waals surface area (Å²) < 4.78 is 5.08. The van der Waals surface area contributed by atoms with Crippen LogP contribution >= 0.6 is 35.6 Å². The van der Waals surface area contributed by atoms with Crippen molar-refractivity contribution < 1.29 is 4.74 Å². The van der Waals surface area contributed by atoms with Gasteiger partial charge in [-0.15, -0.1) is 24.0 Å². The van der Waals surface area contributed by atoms with Gasteiger partial charge in [0.15, 0.2) is 5.96 Å². The van der Waals surface area contributed by atoms with Crippen LogP contribution in [0.4, 0.5) is 0 Å². The summed E-state index contributed by atoms with van der Waals surface area (Å²) in [6.45, 7) is 3.37. The first-order chi connectivity index (χ1) is 8.17. The second-order valence-corrected chi connectivity index (χ2v) is 3.91. The van der Waals surface area contributed by atoms with Crippen molar-refractivity contribution in [3.05, 3.63) is 28.8 Å². The Bertz CT molecular complexity index is 399. The fourth-order valence-corrected chi connectivity index (χ4v) is 1.66. The first kappa shape index (κ1) is 17.3. The van der Waals surface area contributed by atoms with Crippen LogP contribution in [0.1, 0.15) is 12.5 Å². The topological polar surface area (TPSA) is 59.6 Å². The molecule has 0 saturated carbocycles. The molecule has 0 radical (unpaired) electrons. The third-order valence-corrected chi connectivity index (χ3v) is 2.63. The molecule has 102 valence electrons. The van der Waals surface area contributed by atoms with Gasteiger partial charge in [-0.3, -0.25) is 4.99 Å². The maximum absolute atomic E-state index is 6.11. The molecule has 0 saturated heterocycles. The van der Waals surface area contributed by atoms with Gasteiger partial charge in [-0.2, -0.15) is 0 Å². The fourth-order valence-electron chi connectivity index (χ4n) is 1.39. The van der Waals surface area contributed by atoms with Crippen LogP contribution in [0.5, 0.6) is 5.75 Å². The van der Waals surface area contributed by atoms with E-state index in [-0.39, 0.29) is 24.0 Å². The van der Waals surface area contributed by atoms with Crippen LogP contribution in [0.15, 0.2) is 23.2 Å². The van der Waals surface area contributed by atoms with Crippen molar-refractivity contribution in [2.75, 3.05) is 20.2 Å². The lowest BCUT2D eigenvalue weighted by Crippen LogP contribution is -2.31. The average molecular weight is 384 g/mol. The van der Waals surface area contributed by atoms with E-state index in [9.17, 15) is 0 Å². The number of nitrogens with zero attached hydrogens (tertiary/aromatic N) is 1. The Balaban J connectivity index is 0.00000289. The average Bonchev–Trinajstić information content (AvgIpc) is 2.31. The van der Waals surface area contributed by atoms with Gasteiger partial charge in [-0.1, -0.05) is 17.7 Å². The van der Waals surface area contributed by atoms with Gasteiger partial charge in [0.05, 0.1) is 7.11 Å². The maximum Gasteiger partial charge on any atom is 0.188 e. The molecule has 1 aromatic rings. The minimum Gasteiger partial charge on any atom is -0.497 e. The zero-order valence-corrected chi connectivity index (χ0v) is 13.7. The van der Waals surface area contributed by atoms with Gasteiger partial charge in [0.2, 0.25) is 0 Å². The van der Waals surface area contributed by atoms with E-state index in [4.69, 9.17) is 22.1 Å². The number of hydrogen-bond acceptors (Lipinski definition) is 2. The molecular weight excluding hydrogens is 365 g/mol. The van der Waals surface area contributed by atoms with E-state index < -0.39 is 0 Å². The minimum atomic E-state index is 0. The van der Waals surface area contributed by atoms with E-state index in [0.29, 0.717) is 17.5 Å². The molecule has 1 rings (SSSR count). The fraction of sp³-hybridized carbons (Fsp3) is 0.417. The summed E-state index contributed by atoms with van der Waals surface area (Å²) in [5.41, 5.74) is 6.66. The van der Waals surface area contributed by atoms with Crippen molar-refractivity contribution in [1.29, 1.82) is 0 Å². The molecule has 0 spiro atoms. The molecule has 3 N–H and O–H groups in total. The highest BCUT2D eigenvalue weighted by Crippen LogP contribution is 2.22. The summed E-state index contributed by atoms with van der Waals surface area (Å²) in [5, 5.41) is 3.64. The van der Waals surface area contributed by atoms with Gasteiger partial charge in [0.1, 0.15) is 5.75 Å². The van der Waals surface area contributed by atoms with E-state index in [1.807, 2.05) is 19.1 Å². The Morgan fingerprint density at radius 1 is 1.50 bits per heavy atom. The monoisotopic (exact) mass is 383 g/mol. The first-order valence-electron chi connectivity index (χ1n) is 5.53. The zero-order chi connectivity index (χ0) is 12.7. The highest BCUT2D eigenvalue weighted by Gasteiger charge is 2.01. The molecule has 0 aliphatic carbocycles. The van der Waals surface area contributed by atoms with E-state index in [2.05, 4.69) is 10.3 Å². The van der Waals surface area contributed by atoms with Gasteiger partial charge >= 0.3 is 0 Å². The van der Waals surface area contributed by atoms with Crippen molar-refractivity contribution >= 4 is 41.5 Å². The number of aliphatic imine (C=N–C) groups is 1. The van der Waals surface area contributed by atoms with Crippen LogP contribution in [0, 0.1) is 0 Å². The molecule has 0 aliphatic rings. The second kappa shape index (κ2) is 9.27. The molecule has 0 bridgehead atoms. The normalized spacial score (nSPS) is 10.7. The van der Waals surface area contributed by atoms with Gasteiger partial charge < -0.3 is 15.8 Å². The second-order valence-electron chi connectivity index (χ2n) is 3.50. The van der Waals surface area contributed by atoms with Crippen LogP contribution in [-0.4, -0.2) is 26.2 Å². The Labute approximate surface area is 130 Å². The number of guanidine groups is 1. The van der Waals surface area contributed by atoms with Crippen LogP contribution in [0.3, 0.4) is 0 Å². The SMILES string of the molecule is CCNC(N)=NCCc1ccc(OC)cc1Cl.I. The molecule has 6 heteroatoms. The highest BCUT2D eigenvalue weighted by atomic mass is 127. The van der Waals surface area contributed by atoms with Crippen molar-refractivity contribution in [3.63, 3.8) is 0 Å². The molecule has 0 aromatic heterocycles. The van der Waals surface area contributed by atoms with Gasteiger partial charge in [0, 0.05) is 18.1 Å². The molecular formula is C12H19ClIN3O. The summed E-state index contributed by atoms with van der Waals surface area (Å²) in [5.74, 6) is 1.23. The number of ether oxygens (including phenoxy) is 1. The maximum atomic E-state index is 6.11. The number of benzene rings is 1. The molecule has 1 aromatic carbocycles. The molecule has 0 atom stereocenters. The van der Waals surface area contributed by atoms with E-state index in [1.165, 1.54) is 0 Å². The Kier molecular flexibility index (Phi) is 8.91. The molecule has 4 nitrogen and oxygen atoms in total. The summed E-state index contributed by atoms with van der Waals surface area (Å²) in [4.78, 5) is 4.19. The first-order valence-corrected chi connectivity index (χ1v) is 5.91. The lowest BCUT2D eigenvalue weighted by molar-refractivity contribution is 0.414. The van der Waals surface area contributed by atoms with Crippen LogP contribution in [0.25, 0.3) is 0 Å². The highest BCUT2D eigenvalue weighted by molar-refractivity contribution is 14.0. The van der Waals surface area contributed by atoms with Crippen molar-refractivity contribution in [2.45, 2.75) is 13.3 Å². The van der Waals surface area contributed by atoms with Crippen LogP contribution < -0.4 is 15.8 Å². The van der Waals surface area contributed by atoms with E-state index >= 15 is 0 Å². The minimum absolute atomic E-state index is 0. The largest absolute Gasteiger partial charge is 0.497 e. The van der Waals surface area contributed by atoms with Crippen molar-refractivity contribution in [3.8, 4) is 5.75 Å². The predicted molar refractivity (Wildman–Crippen MR) is 87.3 cm³/mol. The van der Waals surface area contributed by atoms with Crippen molar-refractivity contribution in [1.82, 2.24) is 5.32 Å². The lowest BCUT2D eigenvalue weighted by Gasteiger charge is -2.06. The third kappa shape index (κ3) is 5.77. The smallest absolute Gasteiger partial charge is 0.188 e. The lowest BCUT2D eigenvalue weighted by atomic mass is 10.1. The number of hydrogen-bond donors (Lipinski definition) is 2. The zero-order valence-electron chi connectivity index (χ0n) is 10.6. The predicted octanol–water partition coefficient (Wildman–Crippen LogP) is 2.43. The Morgan fingerprint density at radius 3 is 2.78 bits per heavy atom. The summed E-state index contributed by atoms with van der Waals surface area (Å²) >= 11 is 6.11. The molecule has 0 amide bonds. The summed E-state index contributed by atoms with van der Waals surface area (Å²) in [6, 6.07) is 5.63. The summed E-state index contributed by atoms with van der Waals surface area (Å²) in [6.07, 6.45) is 0.759. The van der Waals surface area contributed by atoms with Crippen LogP contribution in [-0.2, 0) is 6.42 Å². The van der Waals surface area contributed by atoms with E-state index in [1.54, 1.807) is 13.2 Å². The number of nitrogens with two attached hydrogens (primary N) is 1. The Hall–Kier alpha value is -0.690. The van der Waals surface area contributed by atoms with Gasteiger partial charge in [0.25, 0.3) is 0 Å². The number of methoxy groups -OCH3 is 1. The van der Waals surface area contributed by atoms with Crippen molar-refractivity contribution in [2.24, 2.45) is 10.7 Å². The van der Waals surface area contributed by atoms with Crippen LogP contribution in [0.2, 0.25) is 5.02 Å². The molecule has 18 heavy (non-hydrogen) atoms. The molecule has 0 unspecified atom stereocenters.